The average Bonchev–Trinajstić information content (AvgIpc) is 2.61. The second-order valence-electron chi connectivity index (χ2n) is 5.62. The highest BCUT2D eigenvalue weighted by Gasteiger charge is 2.13. The van der Waals surface area contributed by atoms with E-state index in [2.05, 4.69) is 32.1 Å². The van der Waals surface area contributed by atoms with E-state index in [0.29, 0.717) is 11.2 Å². The Bertz CT molecular complexity index is 1400. The first-order valence-electron chi connectivity index (χ1n) is 7.46. The lowest BCUT2D eigenvalue weighted by Gasteiger charge is -2.09. The molecule has 0 aliphatic carbocycles. The van der Waals surface area contributed by atoms with Crippen molar-refractivity contribution in [2.75, 3.05) is 0 Å². The fourth-order valence-corrected chi connectivity index (χ4v) is 3.40. The molecule has 24 heavy (non-hydrogen) atoms. The van der Waals surface area contributed by atoms with Crippen molar-refractivity contribution < 1.29 is 0 Å². The fourth-order valence-electron chi connectivity index (χ4n) is 3.21. The van der Waals surface area contributed by atoms with Crippen LogP contribution >= 0.6 is 12.2 Å². The number of H-pyrrole nitrogens is 2. The second-order valence-corrected chi connectivity index (χ2v) is 6.03. The molecule has 0 saturated heterocycles. The molecule has 0 unspecified atom stereocenters. The van der Waals surface area contributed by atoms with Crippen LogP contribution in [-0.2, 0) is 0 Å². The molecule has 3 aromatic carbocycles. The summed E-state index contributed by atoms with van der Waals surface area (Å²) in [4.78, 5) is 27.0. The Hall–Kier alpha value is -3.12. The third-order valence-corrected chi connectivity index (χ3v) is 4.43. The van der Waals surface area contributed by atoms with E-state index in [1.807, 2.05) is 36.4 Å². The molecule has 5 nitrogen and oxygen atoms in total. The summed E-state index contributed by atoms with van der Waals surface area (Å²) in [6, 6.07) is 16.1. The number of nitrogens with one attached hydrogen (secondary N) is 2. The van der Waals surface area contributed by atoms with Gasteiger partial charge in [0.25, 0.3) is 5.56 Å². The van der Waals surface area contributed by atoms with Crippen molar-refractivity contribution in [3.8, 4) is 0 Å². The predicted octanol–water partition coefficient (Wildman–Crippen LogP) is 3.84. The Kier molecular flexibility index (Phi) is 2.60. The van der Waals surface area contributed by atoms with Gasteiger partial charge in [0.1, 0.15) is 0 Å². The van der Waals surface area contributed by atoms with Gasteiger partial charge in [-0.2, -0.15) is 0 Å². The van der Waals surface area contributed by atoms with E-state index >= 15 is 0 Å². The lowest BCUT2D eigenvalue weighted by Crippen LogP contribution is -2.10. The van der Waals surface area contributed by atoms with Crippen molar-refractivity contribution in [1.82, 2.24) is 19.9 Å². The zero-order valence-electron chi connectivity index (χ0n) is 12.3. The van der Waals surface area contributed by atoms with E-state index in [4.69, 9.17) is 12.2 Å². The molecule has 0 radical (unpaired) electrons. The van der Waals surface area contributed by atoms with Gasteiger partial charge in [-0.05, 0) is 23.0 Å². The number of hydrogen-bond donors (Lipinski definition) is 2. The molecule has 2 heterocycles. The summed E-state index contributed by atoms with van der Waals surface area (Å²) in [5.74, 6) is 0. The average molecular weight is 330 g/mol. The smallest absolute Gasteiger partial charge is 0.279 e. The van der Waals surface area contributed by atoms with Gasteiger partial charge in [0, 0.05) is 10.8 Å². The Labute approximate surface area is 140 Å². The third kappa shape index (κ3) is 1.74. The molecule has 0 aliphatic heterocycles. The quantitative estimate of drug-likeness (QED) is 0.257. The van der Waals surface area contributed by atoms with Gasteiger partial charge in [0.2, 0.25) is 0 Å². The normalized spacial score (nSPS) is 11.7. The molecule has 6 heteroatoms. The molecule has 2 aromatic heterocycles. The van der Waals surface area contributed by atoms with Gasteiger partial charge in [-0.1, -0.05) is 48.5 Å². The van der Waals surface area contributed by atoms with Crippen LogP contribution in [0.3, 0.4) is 0 Å². The minimum Gasteiger partial charge on any atom is -0.315 e. The van der Waals surface area contributed by atoms with Crippen LogP contribution in [0.15, 0.2) is 53.3 Å². The monoisotopic (exact) mass is 330 g/mol. The van der Waals surface area contributed by atoms with E-state index in [9.17, 15) is 4.79 Å². The van der Waals surface area contributed by atoms with Gasteiger partial charge in [-0.15, -0.1) is 0 Å². The maximum Gasteiger partial charge on any atom is 0.279 e. The molecule has 5 aromatic rings. The summed E-state index contributed by atoms with van der Waals surface area (Å²) < 4.78 is 0.242. The summed E-state index contributed by atoms with van der Waals surface area (Å²) >= 11 is 5.04. The molecule has 0 fully saturated rings. The van der Waals surface area contributed by atoms with Crippen molar-refractivity contribution in [1.29, 1.82) is 0 Å². The molecule has 0 atom stereocenters. The number of hydrogen-bond acceptors (Lipinski definition) is 4. The van der Waals surface area contributed by atoms with Crippen LogP contribution in [0.1, 0.15) is 0 Å². The molecular formula is C18H10N4OS. The molecule has 114 valence electrons. The lowest BCUT2D eigenvalue weighted by molar-refractivity contribution is 1.10. The Morgan fingerprint density at radius 2 is 1.25 bits per heavy atom. The van der Waals surface area contributed by atoms with Crippen LogP contribution < -0.4 is 5.56 Å². The summed E-state index contributed by atoms with van der Waals surface area (Å²) in [6.45, 7) is 0. The molecule has 0 aliphatic rings. The van der Waals surface area contributed by atoms with Crippen LogP contribution in [0, 0.1) is 4.77 Å². The maximum atomic E-state index is 12.2. The summed E-state index contributed by atoms with van der Waals surface area (Å²) in [5, 5.41) is 4.18. The van der Waals surface area contributed by atoms with Crippen LogP contribution in [0.2, 0.25) is 0 Å². The van der Waals surface area contributed by atoms with Crippen molar-refractivity contribution in [2.45, 2.75) is 0 Å². The Morgan fingerprint density at radius 1 is 0.708 bits per heavy atom. The zero-order chi connectivity index (χ0) is 16.3. The van der Waals surface area contributed by atoms with Crippen LogP contribution in [0.25, 0.3) is 43.7 Å². The fraction of sp³-hybridized carbons (Fsp3) is 0. The number of nitrogens with zero attached hydrogens (tertiary/aromatic N) is 2. The largest absolute Gasteiger partial charge is 0.315 e. The van der Waals surface area contributed by atoms with E-state index in [-0.39, 0.29) is 15.8 Å². The van der Waals surface area contributed by atoms with Crippen LogP contribution in [0.4, 0.5) is 0 Å². The number of fused-ring (bicyclic) bond motifs is 7. The molecule has 2 N–H and O–H groups in total. The Balaban J connectivity index is 2.18. The third-order valence-electron chi connectivity index (χ3n) is 4.22. The standard InChI is InChI=1S/C18H10N4OS/c23-17-15-16(21-18(24)22-17)20-14-12-8-4-2-6-10(12)9-5-1-3-7-11(9)13(14)19-15/h1-8H,(H2,20,21,22,23,24). The van der Waals surface area contributed by atoms with Gasteiger partial charge < -0.3 is 4.98 Å². The lowest BCUT2D eigenvalue weighted by atomic mass is 9.99. The SMILES string of the molecule is O=c1[nH]c(=S)[nH]c2nc3c4ccccc4c4ccccc4c3nc12. The first-order chi connectivity index (χ1) is 11.7. The van der Waals surface area contributed by atoms with Gasteiger partial charge in [-0.25, -0.2) is 9.97 Å². The number of rotatable bonds is 0. The summed E-state index contributed by atoms with van der Waals surface area (Å²) in [5.41, 5.74) is 1.80. The van der Waals surface area contributed by atoms with Gasteiger partial charge in [-0.3, -0.25) is 9.78 Å². The van der Waals surface area contributed by atoms with Crippen LogP contribution in [0.5, 0.6) is 0 Å². The molecular weight excluding hydrogens is 320 g/mol. The van der Waals surface area contributed by atoms with Crippen LogP contribution in [-0.4, -0.2) is 19.9 Å². The molecule has 0 bridgehead atoms. The van der Waals surface area contributed by atoms with Crippen molar-refractivity contribution in [2.24, 2.45) is 0 Å². The molecule has 0 amide bonds. The predicted molar refractivity (Wildman–Crippen MR) is 97.9 cm³/mol. The summed E-state index contributed by atoms with van der Waals surface area (Å²) in [6.07, 6.45) is 0. The van der Waals surface area contributed by atoms with E-state index in [1.54, 1.807) is 0 Å². The van der Waals surface area contributed by atoms with Gasteiger partial charge in [0.05, 0.1) is 11.0 Å². The summed E-state index contributed by atoms with van der Waals surface area (Å²) in [7, 11) is 0. The van der Waals surface area contributed by atoms with Gasteiger partial charge in [0.15, 0.2) is 15.9 Å². The highest BCUT2D eigenvalue weighted by molar-refractivity contribution is 7.71. The Morgan fingerprint density at radius 3 is 1.88 bits per heavy atom. The van der Waals surface area contributed by atoms with Crippen molar-refractivity contribution in [3.63, 3.8) is 0 Å². The maximum absolute atomic E-state index is 12.2. The van der Waals surface area contributed by atoms with E-state index in [1.165, 1.54) is 0 Å². The molecule has 0 spiro atoms. The number of aromatic nitrogens is 4. The molecule has 5 rings (SSSR count). The first-order valence-corrected chi connectivity index (χ1v) is 7.87. The molecule has 0 saturated carbocycles. The van der Waals surface area contributed by atoms with E-state index < -0.39 is 0 Å². The highest BCUT2D eigenvalue weighted by atomic mass is 32.1. The van der Waals surface area contributed by atoms with Crippen molar-refractivity contribution in [3.05, 3.63) is 63.7 Å². The second kappa shape index (κ2) is 4.69. The minimum absolute atomic E-state index is 0.242. The van der Waals surface area contributed by atoms with Crippen molar-refractivity contribution >= 4 is 56.0 Å². The first kappa shape index (κ1) is 13.3. The van der Waals surface area contributed by atoms with E-state index in [0.717, 1.165) is 27.1 Å². The minimum atomic E-state index is -0.333. The number of aromatic amines is 2. The zero-order valence-corrected chi connectivity index (χ0v) is 13.1. The topological polar surface area (TPSA) is 74.4 Å². The highest BCUT2D eigenvalue weighted by Crippen LogP contribution is 2.33. The number of benzene rings is 3. The van der Waals surface area contributed by atoms with Gasteiger partial charge >= 0.3 is 0 Å².